The van der Waals surface area contributed by atoms with E-state index < -0.39 is 29.8 Å². The quantitative estimate of drug-likeness (QED) is 0.594. The van der Waals surface area contributed by atoms with Crippen LogP contribution >= 0.6 is 0 Å². The summed E-state index contributed by atoms with van der Waals surface area (Å²) in [5, 5.41) is 23.6. The zero-order chi connectivity index (χ0) is 22.0. The van der Waals surface area contributed by atoms with E-state index in [0.29, 0.717) is 16.9 Å². The molecule has 31 heavy (non-hydrogen) atoms. The molecule has 0 saturated carbocycles. The van der Waals surface area contributed by atoms with E-state index in [2.05, 4.69) is 20.3 Å². The molecule has 1 aromatic carbocycles. The Morgan fingerprint density at radius 3 is 2.68 bits per heavy atom. The number of nitrogens with one attached hydrogen (secondary N) is 1. The van der Waals surface area contributed by atoms with Crippen LogP contribution in [0.1, 0.15) is 42.4 Å². The third-order valence-corrected chi connectivity index (χ3v) is 5.69. The number of anilines is 1. The van der Waals surface area contributed by atoms with Gasteiger partial charge in [0.2, 0.25) is 0 Å². The highest BCUT2D eigenvalue weighted by atomic mass is 16.5. The van der Waals surface area contributed by atoms with Crippen LogP contribution in [0.15, 0.2) is 61.2 Å². The van der Waals surface area contributed by atoms with Gasteiger partial charge in [0.05, 0.1) is 48.3 Å². The molecule has 1 amide bonds. The Balaban J connectivity index is 1.57. The zero-order valence-electron chi connectivity index (χ0n) is 17.3. The van der Waals surface area contributed by atoms with Gasteiger partial charge in [-0.15, -0.1) is 0 Å². The highest BCUT2D eigenvalue weighted by Gasteiger charge is 2.44. The molecule has 1 aliphatic rings. The lowest BCUT2D eigenvalue weighted by Gasteiger charge is -2.43. The fourth-order valence-electron chi connectivity index (χ4n) is 3.55. The number of rotatable bonds is 4. The van der Waals surface area contributed by atoms with Gasteiger partial charge in [0.25, 0.3) is 5.91 Å². The number of benzene rings is 1. The number of nitrogens with zero attached hydrogens (tertiary/aromatic N) is 3. The van der Waals surface area contributed by atoms with Crippen LogP contribution in [0, 0.1) is 0 Å². The van der Waals surface area contributed by atoms with Gasteiger partial charge in [0.1, 0.15) is 11.3 Å². The molecule has 0 aliphatic carbocycles. The summed E-state index contributed by atoms with van der Waals surface area (Å²) < 4.78 is 5.95. The van der Waals surface area contributed by atoms with Crippen molar-refractivity contribution in [3.05, 3.63) is 72.4 Å². The smallest absolute Gasteiger partial charge is 0.275 e. The number of amides is 1. The van der Waals surface area contributed by atoms with Crippen molar-refractivity contribution in [2.24, 2.45) is 0 Å². The van der Waals surface area contributed by atoms with Crippen LogP contribution in [-0.2, 0) is 4.74 Å². The van der Waals surface area contributed by atoms with E-state index >= 15 is 0 Å². The second-order valence-electron chi connectivity index (χ2n) is 7.82. The van der Waals surface area contributed by atoms with Crippen LogP contribution in [0.5, 0.6) is 0 Å². The van der Waals surface area contributed by atoms with Gasteiger partial charge in [-0.1, -0.05) is 30.3 Å². The summed E-state index contributed by atoms with van der Waals surface area (Å²) in [4.78, 5) is 25.6. The first-order chi connectivity index (χ1) is 14.9. The van der Waals surface area contributed by atoms with E-state index in [4.69, 9.17) is 4.74 Å². The monoisotopic (exact) mass is 420 g/mol. The molecule has 0 spiro atoms. The molecular weight excluding hydrogens is 396 g/mol. The number of aromatic nitrogens is 3. The third kappa shape index (κ3) is 4.32. The summed E-state index contributed by atoms with van der Waals surface area (Å²) in [7, 11) is 0. The van der Waals surface area contributed by atoms with Gasteiger partial charge in [-0.3, -0.25) is 14.8 Å². The first-order valence-corrected chi connectivity index (χ1v) is 10.0. The molecule has 2 aromatic heterocycles. The molecule has 8 heteroatoms. The van der Waals surface area contributed by atoms with Crippen molar-refractivity contribution in [1.82, 2.24) is 15.0 Å². The van der Waals surface area contributed by atoms with Crippen LogP contribution < -0.4 is 5.32 Å². The predicted molar refractivity (Wildman–Crippen MR) is 114 cm³/mol. The van der Waals surface area contributed by atoms with Crippen molar-refractivity contribution in [2.45, 2.75) is 44.2 Å². The number of aliphatic hydroxyl groups is 2. The molecule has 0 radical (unpaired) electrons. The lowest BCUT2D eigenvalue weighted by molar-refractivity contribution is -0.215. The number of ether oxygens (including phenoxy) is 1. The summed E-state index contributed by atoms with van der Waals surface area (Å²) in [5.41, 5.74) is 1.38. The van der Waals surface area contributed by atoms with Crippen molar-refractivity contribution in [3.8, 4) is 11.3 Å². The fraction of sp³-hybridized carbons (Fsp3) is 0.304. The maximum absolute atomic E-state index is 12.9. The number of pyridine rings is 1. The number of hydrogen-bond acceptors (Lipinski definition) is 7. The average Bonchev–Trinajstić information content (AvgIpc) is 2.78. The van der Waals surface area contributed by atoms with Crippen LogP contribution in [-0.4, -0.2) is 48.9 Å². The number of hydrogen-bond donors (Lipinski definition) is 3. The minimum atomic E-state index is -1.35. The number of carbonyl (C=O) groups excluding carboxylic acids is 1. The lowest BCUT2D eigenvalue weighted by Crippen LogP contribution is -2.54. The van der Waals surface area contributed by atoms with E-state index in [1.807, 2.05) is 30.3 Å². The van der Waals surface area contributed by atoms with E-state index in [-0.39, 0.29) is 12.1 Å². The van der Waals surface area contributed by atoms with Crippen LogP contribution in [0.4, 0.5) is 5.69 Å². The molecule has 1 fully saturated rings. The topological polar surface area (TPSA) is 117 Å². The maximum Gasteiger partial charge on any atom is 0.275 e. The Bertz CT molecular complexity index is 1060. The van der Waals surface area contributed by atoms with Gasteiger partial charge < -0.3 is 20.3 Å². The maximum atomic E-state index is 12.9. The Kier molecular flexibility index (Phi) is 5.77. The van der Waals surface area contributed by atoms with Gasteiger partial charge >= 0.3 is 0 Å². The number of aliphatic hydroxyl groups excluding tert-OH is 1. The molecule has 8 nitrogen and oxygen atoms in total. The van der Waals surface area contributed by atoms with Gasteiger partial charge in [-0.05, 0) is 19.9 Å². The molecule has 4 rings (SSSR count). The highest BCUT2D eigenvalue weighted by Crippen LogP contribution is 2.39. The predicted octanol–water partition coefficient (Wildman–Crippen LogP) is 2.75. The van der Waals surface area contributed by atoms with E-state index in [0.717, 1.165) is 5.56 Å². The third-order valence-electron chi connectivity index (χ3n) is 5.69. The molecule has 0 unspecified atom stereocenters. The van der Waals surface area contributed by atoms with Crippen LogP contribution in [0.2, 0.25) is 0 Å². The molecule has 160 valence electrons. The van der Waals surface area contributed by atoms with Gasteiger partial charge in [0, 0.05) is 23.7 Å². The van der Waals surface area contributed by atoms with Crippen LogP contribution in [0.3, 0.4) is 0 Å². The zero-order valence-corrected chi connectivity index (χ0v) is 17.3. The van der Waals surface area contributed by atoms with Crippen molar-refractivity contribution in [2.75, 3.05) is 5.32 Å². The highest BCUT2D eigenvalue weighted by molar-refractivity contribution is 6.03. The Hall–Kier alpha value is -3.20. The van der Waals surface area contributed by atoms with Crippen LogP contribution in [0.25, 0.3) is 11.3 Å². The largest absolute Gasteiger partial charge is 0.390 e. The van der Waals surface area contributed by atoms with E-state index in [1.54, 1.807) is 32.3 Å². The molecule has 1 saturated heterocycles. The molecule has 3 aromatic rings. The van der Waals surface area contributed by atoms with Crippen molar-refractivity contribution in [1.29, 1.82) is 0 Å². The minimum absolute atomic E-state index is 0.164. The molecular formula is C23H24N4O4. The summed E-state index contributed by atoms with van der Waals surface area (Å²) in [6.45, 7) is 3.26. The first-order valence-electron chi connectivity index (χ1n) is 10.0. The number of carbonyl (C=O) groups is 1. The standard InChI is InChI=1S/C23H24N4O4/c1-14-23(2,30)21(28)10-20(31-14)16-8-9-24-12-18(16)27-22(29)19-13-25-11-17(26-19)15-6-4-3-5-7-15/h3-9,11-14,20-21,28,30H,10H2,1-2H3,(H,27,29)/t14-,20-,21-,23-/m1/s1. The van der Waals surface area contributed by atoms with E-state index in [9.17, 15) is 15.0 Å². The molecule has 1 aliphatic heterocycles. The summed E-state index contributed by atoms with van der Waals surface area (Å²) >= 11 is 0. The second kappa shape index (κ2) is 8.50. The molecule has 0 bridgehead atoms. The van der Waals surface area contributed by atoms with Gasteiger partial charge in [-0.2, -0.15) is 0 Å². The Labute approximate surface area is 180 Å². The minimum Gasteiger partial charge on any atom is -0.390 e. The molecule has 3 heterocycles. The van der Waals surface area contributed by atoms with Crippen molar-refractivity contribution in [3.63, 3.8) is 0 Å². The summed E-state index contributed by atoms with van der Waals surface area (Å²) in [5.74, 6) is -0.434. The molecule has 4 atom stereocenters. The summed E-state index contributed by atoms with van der Waals surface area (Å²) in [6, 6.07) is 11.2. The normalized spacial score (nSPS) is 25.7. The summed E-state index contributed by atoms with van der Waals surface area (Å²) in [6.07, 6.45) is 4.24. The van der Waals surface area contributed by atoms with Crippen molar-refractivity contribution < 1.29 is 19.7 Å². The average molecular weight is 420 g/mol. The lowest BCUT2D eigenvalue weighted by atomic mass is 9.84. The molecule has 3 N–H and O–H groups in total. The van der Waals surface area contributed by atoms with E-state index in [1.165, 1.54) is 12.4 Å². The Morgan fingerprint density at radius 2 is 1.94 bits per heavy atom. The first kappa shape index (κ1) is 21.0. The van der Waals surface area contributed by atoms with Crippen molar-refractivity contribution >= 4 is 11.6 Å². The van der Waals surface area contributed by atoms with Gasteiger partial charge in [0.15, 0.2) is 0 Å². The second-order valence-corrected chi connectivity index (χ2v) is 7.82. The van der Waals surface area contributed by atoms with Gasteiger partial charge in [-0.25, -0.2) is 4.98 Å². The fourth-order valence-corrected chi connectivity index (χ4v) is 3.55. The Morgan fingerprint density at radius 1 is 1.16 bits per heavy atom. The SMILES string of the molecule is C[C@H]1O[C@@H](c2ccncc2NC(=O)c2cncc(-c3ccccc3)n2)C[C@@H](O)[C@]1(C)O.